The number of aryl methyl sites for hydroxylation is 1. The lowest BCUT2D eigenvalue weighted by Gasteiger charge is -2.33. The Bertz CT molecular complexity index is 1430. The van der Waals surface area contributed by atoms with Crippen molar-refractivity contribution in [3.63, 3.8) is 0 Å². The molecule has 38 heavy (non-hydrogen) atoms. The fourth-order valence-electron chi connectivity index (χ4n) is 5.28. The minimum absolute atomic E-state index is 0.0598. The van der Waals surface area contributed by atoms with Gasteiger partial charge in [-0.15, -0.1) is 5.10 Å². The van der Waals surface area contributed by atoms with Gasteiger partial charge < -0.3 is 10.1 Å². The minimum Gasteiger partial charge on any atom is -0.497 e. The van der Waals surface area contributed by atoms with Crippen LogP contribution in [0.1, 0.15) is 49.8 Å². The predicted octanol–water partition coefficient (Wildman–Crippen LogP) is 4.84. The van der Waals surface area contributed by atoms with E-state index in [1.807, 2.05) is 79.7 Å². The number of benzene rings is 3. The number of amides is 2. The molecule has 0 saturated heterocycles. The van der Waals surface area contributed by atoms with E-state index in [1.54, 1.807) is 16.7 Å². The van der Waals surface area contributed by atoms with Crippen molar-refractivity contribution in [3.05, 3.63) is 83.9 Å². The Morgan fingerprint density at radius 3 is 2.61 bits per heavy atom. The van der Waals surface area contributed by atoms with Crippen molar-refractivity contribution in [3.8, 4) is 5.75 Å². The van der Waals surface area contributed by atoms with Crippen molar-refractivity contribution < 1.29 is 14.3 Å². The van der Waals surface area contributed by atoms with Gasteiger partial charge in [-0.1, -0.05) is 67.4 Å². The van der Waals surface area contributed by atoms with Crippen LogP contribution in [0.15, 0.2) is 72.8 Å². The molecule has 0 radical (unpaired) electrons. The summed E-state index contributed by atoms with van der Waals surface area (Å²) >= 11 is 0. The SMILES string of the molecule is CCc1ccccc1N(C(=O)Cn1nnc2ccccc21)[C@H](C(=O)NC1CCCC1)c1cccc(OC)c1. The van der Waals surface area contributed by atoms with Gasteiger partial charge in [0.2, 0.25) is 11.8 Å². The summed E-state index contributed by atoms with van der Waals surface area (Å²) in [4.78, 5) is 29.9. The summed E-state index contributed by atoms with van der Waals surface area (Å²) in [5.41, 5.74) is 3.84. The maximum Gasteiger partial charge on any atom is 0.249 e. The van der Waals surface area contributed by atoms with Gasteiger partial charge in [-0.3, -0.25) is 14.5 Å². The Morgan fingerprint density at radius 1 is 1.05 bits per heavy atom. The quantitative estimate of drug-likeness (QED) is 0.348. The number of aromatic nitrogens is 3. The highest BCUT2D eigenvalue weighted by Crippen LogP contribution is 2.33. The van der Waals surface area contributed by atoms with E-state index in [9.17, 15) is 9.59 Å². The topological polar surface area (TPSA) is 89.4 Å². The molecule has 0 spiro atoms. The lowest BCUT2D eigenvalue weighted by molar-refractivity contribution is -0.127. The number of rotatable bonds is 9. The minimum atomic E-state index is -0.888. The van der Waals surface area contributed by atoms with E-state index in [4.69, 9.17) is 4.74 Å². The molecule has 1 N–H and O–H groups in total. The van der Waals surface area contributed by atoms with E-state index in [-0.39, 0.29) is 24.4 Å². The third kappa shape index (κ3) is 5.25. The van der Waals surface area contributed by atoms with E-state index in [2.05, 4.69) is 15.6 Å². The average Bonchev–Trinajstić information content (AvgIpc) is 3.61. The number of carbonyl (C=O) groups excluding carboxylic acids is 2. The summed E-state index contributed by atoms with van der Waals surface area (Å²) < 4.78 is 7.08. The highest BCUT2D eigenvalue weighted by atomic mass is 16.5. The van der Waals surface area contributed by atoms with Gasteiger partial charge in [0.1, 0.15) is 23.9 Å². The molecule has 1 aliphatic rings. The van der Waals surface area contributed by atoms with Crippen LogP contribution in [0.25, 0.3) is 11.0 Å². The van der Waals surface area contributed by atoms with Crippen molar-refractivity contribution in [2.75, 3.05) is 12.0 Å². The number of nitrogens with one attached hydrogen (secondary N) is 1. The molecular formula is C30H33N5O3. The molecule has 2 amide bonds. The molecule has 8 heteroatoms. The Balaban J connectivity index is 1.61. The van der Waals surface area contributed by atoms with Gasteiger partial charge in [0.15, 0.2) is 0 Å². The van der Waals surface area contributed by atoms with Crippen LogP contribution >= 0.6 is 0 Å². The molecule has 1 heterocycles. The maximum absolute atomic E-state index is 14.3. The van der Waals surface area contributed by atoms with Crippen molar-refractivity contribution >= 4 is 28.5 Å². The summed E-state index contributed by atoms with van der Waals surface area (Å²) in [6.45, 7) is 1.99. The van der Waals surface area contributed by atoms with E-state index in [0.717, 1.165) is 36.8 Å². The number of nitrogens with zero attached hydrogens (tertiary/aromatic N) is 4. The van der Waals surface area contributed by atoms with Gasteiger partial charge in [0.25, 0.3) is 0 Å². The zero-order valence-corrected chi connectivity index (χ0v) is 21.8. The van der Waals surface area contributed by atoms with Crippen LogP contribution < -0.4 is 15.0 Å². The normalized spacial score (nSPS) is 14.4. The van der Waals surface area contributed by atoms with Gasteiger partial charge in [-0.2, -0.15) is 0 Å². The molecule has 5 rings (SSSR count). The summed E-state index contributed by atoms with van der Waals surface area (Å²) in [7, 11) is 1.60. The highest BCUT2D eigenvalue weighted by molar-refractivity contribution is 6.02. The average molecular weight is 512 g/mol. The largest absolute Gasteiger partial charge is 0.497 e. The van der Waals surface area contributed by atoms with E-state index >= 15 is 0 Å². The van der Waals surface area contributed by atoms with Gasteiger partial charge in [-0.05, 0) is 60.7 Å². The Hall–Kier alpha value is -4.20. The van der Waals surface area contributed by atoms with Crippen molar-refractivity contribution in [2.45, 2.75) is 57.7 Å². The number of hydrogen-bond acceptors (Lipinski definition) is 5. The molecule has 1 atom stereocenters. The molecule has 8 nitrogen and oxygen atoms in total. The fourth-order valence-corrected chi connectivity index (χ4v) is 5.28. The molecule has 0 aliphatic heterocycles. The molecule has 0 unspecified atom stereocenters. The third-order valence-corrected chi connectivity index (χ3v) is 7.22. The Morgan fingerprint density at radius 2 is 1.82 bits per heavy atom. The lowest BCUT2D eigenvalue weighted by Crippen LogP contribution is -2.47. The second kappa shape index (κ2) is 11.5. The van der Waals surface area contributed by atoms with Gasteiger partial charge in [-0.25, -0.2) is 4.68 Å². The number of anilines is 1. The Kier molecular flexibility index (Phi) is 7.67. The molecule has 1 aliphatic carbocycles. The first kappa shape index (κ1) is 25.4. The van der Waals surface area contributed by atoms with E-state index in [0.29, 0.717) is 28.9 Å². The first-order valence-electron chi connectivity index (χ1n) is 13.2. The van der Waals surface area contributed by atoms with Crippen LogP contribution in [-0.4, -0.2) is 40.0 Å². The molecule has 1 saturated carbocycles. The van der Waals surface area contributed by atoms with Crippen LogP contribution in [0.2, 0.25) is 0 Å². The van der Waals surface area contributed by atoms with Crippen molar-refractivity contribution in [1.82, 2.24) is 20.3 Å². The zero-order chi connectivity index (χ0) is 26.5. The summed E-state index contributed by atoms with van der Waals surface area (Å²) in [6.07, 6.45) is 4.79. The van der Waals surface area contributed by atoms with Crippen molar-refractivity contribution in [2.24, 2.45) is 0 Å². The third-order valence-electron chi connectivity index (χ3n) is 7.22. The lowest BCUT2D eigenvalue weighted by atomic mass is 10.00. The monoisotopic (exact) mass is 511 g/mol. The van der Waals surface area contributed by atoms with Gasteiger partial charge in [0.05, 0.1) is 12.6 Å². The first-order chi connectivity index (χ1) is 18.6. The smallest absolute Gasteiger partial charge is 0.249 e. The van der Waals surface area contributed by atoms with Crippen LogP contribution in [0.3, 0.4) is 0 Å². The summed E-state index contributed by atoms with van der Waals surface area (Å²) in [6, 6.07) is 21.9. The highest BCUT2D eigenvalue weighted by Gasteiger charge is 2.35. The van der Waals surface area contributed by atoms with Crippen LogP contribution in [-0.2, 0) is 22.6 Å². The molecule has 0 bridgehead atoms. The molecule has 196 valence electrons. The Labute approximate surface area is 222 Å². The maximum atomic E-state index is 14.3. The molecular weight excluding hydrogens is 478 g/mol. The molecule has 1 fully saturated rings. The second-order valence-electron chi connectivity index (χ2n) is 9.65. The van der Waals surface area contributed by atoms with Crippen LogP contribution in [0.5, 0.6) is 5.75 Å². The van der Waals surface area contributed by atoms with E-state index in [1.165, 1.54) is 0 Å². The first-order valence-corrected chi connectivity index (χ1v) is 13.2. The molecule has 3 aromatic carbocycles. The number of methoxy groups -OCH3 is 1. The number of ether oxygens (including phenoxy) is 1. The number of fused-ring (bicyclic) bond motifs is 1. The zero-order valence-electron chi connectivity index (χ0n) is 21.8. The summed E-state index contributed by atoms with van der Waals surface area (Å²) in [5.74, 6) is 0.170. The van der Waals surface area contributed by atoms with E-state index < -0.39 is 6.04 Å². The molecule has 4 aromatic rings. The molecule has 1 aromatic heterocycles. The standard InChI is InChI=1S/C30H33N5O3/c1-3-21-11-4-8-17-26(21)35(28(36)20-34-27-18-9-7-16-25(27)32-33-34)29(22-12-10-15-24(19-22)38-2)30(37)31-23-13-5-6-14-23/h4,7-12,15-19,23,29H,3,5-6,13-14,20H2,1-2H3,(H,31,37)/t29-/m0/s1. The van der Waals surface area contributed by atoms with Crippen LogP contribution in [0.4, 0.5) is 5.69 Å². The number of hydrogen-bond donors (Lipinski definition) is 1. The van der Waals surface area contributed by atoms with Gasteiger partial charge in [0, 0.05) is 11.7 Å². The van der Waals surface area contributed by atoms with Crippen molar-refractivity contribution in [1.29, 1.82) is 0 Å². The number of para-hydroxylation sites is 2. The summed E-state index contributed by atoms with van der Waals surface area (Å²) in [5, 5.41) is 11.7. The van der Waals surface area contributed by atoms with Crippen LogP contribution in [0, 0.1) is 0 Å². The van der Waals surface area contributed by atoms with Gasteiger partial charge >= 0.3 is 0 Å². The number of carbonyl (C=O) groups is 2. The fraction of sp³-hybridized carbons (Fsp3) is 0.333. The predicted molar refractivity (Wildman–Crippen MR) is 147 cm³/mol. The second-order valence-corrected chi connectivity index (χ2v) is 9.65.